The number of benzene rings is 1. The maximum atomic E-state index is 14.2. The van der Waals surface area contributed by atoms with Crippen molar-refractivity contribution in [1.82, 2.24) is 15.0 Å². The molecule has 0 bridgehead atoms. The third-order valence-corrected chi connectivity index (χ3v) is 4.59. The van der Waals surface area contributed by atoms with Crippen LogP contribution in [0.5, 0.6) is 0 Å². The lowest BCUT2D eigenvalue weighted by Crippen LogP contribution is -2.22. The van der Waals surface area contributed by atoms with Gasteiger partial charge in [0, 0.05) is 35.9 Å². The molecule has 0 spiro atoms. The Kier molecular flexibility index (Phi) is 4.53. The van der Waals surface area contributed by atoms with Crippen molar-refractivity contribution in [3.8, 4) is 22.6 Å². The molecule has 1 aromatic carbocycles. The van der Waals surface area contributed by atoms with E-state index < -0.39 is 5.95 Å². The zero-order chi connectivity index (χ0) is 18.1. The minimum absolute atomic E-state index is 0.240. The third kappa shape index (κ3) is 3.38. The van der Waals surface area contributed by atoms with Crippen LogP contribution in [0.2, 0.25) is 5.02 Å². The normalized spacial score (nSPS) is 16.9. The monoisotopic (exact) mass is 370 g/mol. The van der Waals surface area contributed by atoms with Gasteiger partial charge in [-0.15, -0.1) is 0 Å². The minimum Gasteiger partial charge on any atom is -0.391 e. The molecule has 1 atom stereocenters. The van der Waals surface area contributed by atoms with Crippen LogP contribution < -0.4 is 4.90 Å². The second kappa shape index (κ2) is 6.97. The van der Waals surface area contributed by atoms with Crippen LogP contribution in [0.3, 0.4) is 0 Å². The lowest BCUT2D eigenvalue weighted by molar-refractivity contribution is 0.198. The Hall–Kier alpha value is -2.57. The third-order valence-electron chi connectivity index (χ3n) is 4.34. The summed E-state index contributed by atoms with van der Waals surface area (Å²) < 4.78 is 14.2. The van der Waals surface area contributed by atoms with Crippen LogP contribution in [0, 0.1) is 5.95 Å². The van der Waals surface area contributed by atoms with Crippen LogP contribution >= 0.6 is 11.6 Å². The van der Waals surface area contributed by atoms with Gasteiger partial charge in [-0.25, -0.2) is 15.0 Å². The zero-order valence-corrected chi connectivity index (χ0v) is 14.6. The first-order valence-corrected chi connectivity index (χ1v) is 8.67. The summed E-state index contributed by atoms with van der Waals surface area (Å²) >= 11 is 5.97. The Balaban J connectivity index is 1.84. The number of anilines is 1. The molecule has 1 aliphatic rings. The van der Waals surface area contributed by atoms with Crippen molar-refractivity contribution in [2.75, 3.05) is 18.0 Å². The summed E-state index contributed by atoms with van der Waals surface area (Å²) in [5.41, 5.74) is 1.75. The van der Waals surface area contributed by atoms with E-state index in [2.05, 4.69) is 15.0 Å². The summed E-state index contributed by atoms with van der Waals surface area (Å²) in [7, 11) is 0. The van der Waals surface area contributed by atoms with E-state index in [0.717, 1.165) is 5.56 Å². The lowest BCUT2D eigenvalue weighted by Gasteiger charge is -2.18. The molecule has 1 saturated heterocycles. The van der Waals surface area contributed by atoms with E-state index >= 15 is 0 Å². The molecule has 2 aromatic heterocycles. The number of nitrogens with zero attached hydrogens (tertiary/aromatic N) is 4. The zero-order valence-electron chi connectivity index (χ0n) is 13.8. The van der Waals surface area contributed by atoms with Crippen molar-refractivity contribution < 1.29 is 9.50 Å². The molecule has 7 heteroatoms. The Morgan fingerprint density at radius 1 is 1.15 bits per heavy atom. The molecule has 4 rings (SSSR count). The van der Waals surface area contributed by atoms with Crippen LogP contribution in [0.1, 0.15) is 6.42 Å². The summed E-state index contributed by atoms with van der Waals surface area (Å²) in [6, 6.07) is 12.4. The minimum atomic E-state index is -0.617. The van der Waals surface area contributed by atoms with Gasteiger partial charge >= 0.3 is 0 Å². The van der Waals surface area contributed by atoms with Gasteiger partial charge in [0.2, 0.25) is 5.95 Å². The number of aliphatic hydroxyl groups is 1. The number of pyridine rings is 1. The number of hydrogen-bond donors (Lipinski definition) is 1. The summed E-state index contributed by atoms with van der Waals surface area (Å²) in [6.07, 6.45) is 1.68. The quantitative estimate of drug-likeness (QED) is 0.714. The van der Waals surface area contributed by atoms with Gasteiger partial charge in [0.15, 0.2) is 5.82 Å². The van der Waals surface area contributed by atoms with Crippen molar-refractivity contribution >= 4 is 17.4 Å². The van der Waals surface area contributed by atoms with E-state index in [0.29, 0.717) is 36.0 Å². The van der Waals surface area contributed by atoms with Crippen LogP contribution in [0.25, 0.3) is 22.6 Å². The number of aromatic nitrogens is 3. The van der Waals surface area contributed by atoms with Gasteiger partial charge in [0.25, 0.3) is 0 Å². The largest absolute Gasteiger partial charge is 0.391 e. The first-order chi connectivity index (χ1) is 12.6. The van der Waals surface area contributed by atoms with Gasteiger partial charge in [0.05, 0.1) is 17.4 Å². The van der Waals surface area contributed by atoms with Crippen LogP contribution in [0.15, 0.2) is 48.7 Å². The molecule has 26 heavy (non-hydrogen) atoms. The van der Waals surface area contributed by atoms with Gasteiger partial charge in [-0.3, -0.25) is 0 Å². The lowest BCUT2D eigenvalue weighted by atomic mass is 10.1. The molecule has 1 N–H and O–H groups in total. The highest BCUT2D eigenvalue weighted by Gasteiger charge is 2.23. The molecule has 1 aliphatic heterocycles. The van der Waals surface area contributed by atoms with E-state index in [9.17, 15) is 9.50 Å². The van der Waals surface area contributed by atoms with Crippen LogP contribution in [0.4, 0.5) is 10.2 Å². The van der Waals surface area contributed by atoms with Gasteiger partial charge in [-0.05, 0) is 30.7 Å². The van der Waals surface area contributed by atoms with Crippen molar-refractivity contribution in [3.05, 3.63) is 59.6 Å². The smallest absolute Gasteiger partial charge is 0.223 e. The number of hydrogen-bond acceptors (Lipinski definition) is 5. The summed E-state index contributed by atoms with van der Waals surface area (Å²) in [6.45, 7) is 1.18. The first-order valence-electron chi connectivity index (χ1n) is 8.29. The summed E-state index contributed by atoms with van der Waals surface area (Å²) in [5.74, 6) is 0.298. The first kappa shape index (κ1) is 16.9. The fraction of sp³-hybridized carbons (Fsp3) is 0.211. The van der Waals surface area contributed by atoms with E-state index in [1.54, 1.807) is 24.3 Å². The second-order valence-electron chi connectivity index (χ2n) is 6.17. The molecule has 3 aromatic rings. The average Bonchev–Trinajstić information content (AvgIpc) is 3.09. The molecular formula is C19H16ClFN4O. The number of β-amino-alcohol motifs (C(OH)–C–C–N with tert-alkyl or cyclic N) is 1. The Labute approximate surface area is 155 Å². The fourth-order valence-corrected chi connectivity index (χ4v) is 3.11. The highest BCUT2D eigenvalue weighted by molar-refractivity contribution is 6.30. The molecule has 3 heterocycles. The molecule has 5 nitrogen and oxygen atoms in total. The number of rotatable bonds is 3. The summed E-state index contributed by atoms with van der Waals surface area (Å²) in [4.78, 5) is 14.7. The SMILES string of the molecule is O[C@H]1CCN(c2cc(-c3ccc(Cl)cc3)nc(-c3cccnc3F)n2)C1. The topological polar surface area (TPSA) is 62.1 Å². The molecule has 0 unspecified atom stereocenters. The summed E-state index contributed by atoms with van der Waals surface area (Å²) in [5, 5.41) is 10.5. The van der Waals surface area contributed by atoms with Crippen molar-refractivity contribution in [2.45, 2.75) is 12.5 Å². The van der Waals surface area contributed by atoms with Gasteiger partial charge in [-0.2, -0.15) is 4.39 Å². The van der Waals surface area contributed by atoms with Crippen molar-refractivity contribution in [2.24, 2.45) is 0 Å². The molecule has 0 radical (unpaired) electrons. The Morgan fingerprint density at radius 2 is 1.96 bits per heavy atom. The predicted octanol–water partition coefficient (Wildman–Crippen LogP) is 3.57. The highest BCUT2D eigenvalue weighted by Crippen LogP contribution is 2.29. The predicted molar refractivity (Wildman–Crippen MR) is 98.5 cm³/mol. The van der Waals surface area contributed by atoms with E-state index in [1.165, 1.54) is 6.20 Å². The van der Waals surface area contributed by atoms with E-state index in [1.807, 2.05) is 23.1 Å². The van der Waals surface area contributed by atoms with Gasteiger partial charge in [0.1, 0.15) is 5.82 Å². The average molecular weight is 371 g/mol. The molecule has 0 saturated carbocycles. The van der Waals surface area contributed by atoms with Crippen molar-refractivity contribution in [1.29, 1.82) is 0 Å². The molecular weight excluding hydrogens is 355 g/mol. The molecule has 0 amide bonds. The van der Waals surface area contributed by atoms with Crippen LogP contribution in [-0.2, 0) is 0 Å². The molecule has 1 fully saturated rings. The highest BCUT2D eigenvalue weighted by atomic mass is 35.5. The van der Waals surface area contributed by atoms with Gasteiger partial charge < -0.3 is 10.0 Å². The number of halogens is 2. The van der Waals surface area contributed by atoms with Gasteiger partial charge in [-0.1, -0.05) is 23.7 Å². The molecule has 132 valence electrons. The standard InChI is InChI=1S/C19H16ClFN4O/c20-13-5-3-12(4-6-13)16-10-17(25-9-7-14(26)11-25)24-19(23-16)15-2-1-8-22-18(15)21/h1-6,8,10,14,26H,7,9,11H2/t14-/m0/s1. The van der Waals surface area contributed by atoms with Crippen molar-refractivity contribution in [3.63, 3.8) is 0 Å². The Bertz CT molecular complexity index is 935. The van der Waals surface area contributed by atoms with Crippen LogP contribution in [-0.4, -0.2) is 39.3 Å². The molecule has 0 aliphatic carbocycles. The maximum absolute atomic E-state index is 14.2. The Morgan fingerprint density at radius 3 is 2.65 bits per heavy atom. The number of aliphatic hydroxyl groups excluding tert-OH is 1. The van der Waals surface area contributed by atoms with E-state index in [-0.39, 0.29) is 17.5 Å². The van der Waals surface area contributed by atoms with E-state index in [4.69, 9.17) is 11.6 Å². The second-order valence-corrected chi connectivity index (χ2v) is 6.61. The fourth-order valence-electron chi connectivity index (χ4n) is 2.99. The maximum Gasteiger partial charge on any atom is 0.223 e.